The fourth-order valence-electron chi connectivity index (χ4n) is 0.836. The molecule has 0 radical (unpaired) electrons. The van der Waals surface area contributed by atoms with Crippen LogP contribution in [-0.4, -0.2) is 16.9 Å². The molecule has 0 fully saturated rings. The van der Waals surface area contributed by atoms with Gasteiger partial charge in [0, 0.05) is 5.88 Å². The Balaban J connectivity index is 3.10. The normalized spacial score (nSPS) is 13.9. The van der Waals surface area contributed by atoms with Crippen molar-refractivity contribution in [1.82, 2.24) is 0 Å². The zero-order chi connectivity index (χ0) is 8.69. The Kier molecular flexibility index (Phi) is 7.72. The molecule has 0 amide bonds. The number of thioether (sulfide) groups is 1. The fourth-order valence-corrected chi connectivity index (χ4v) is 2.22. The average Bonchev–Trinajstić information content (AvgIpc) is 1.87. The molecule has 0 aromatic carbocycles. The first-order valence-electron chi connectivity index (χ1n) is 4.34. The first-order valence-corrected chi connectivity index (χ1v) is 5.92. The molecule has 0 bridgehead atoms. The lowest BCUT2D eigenvalue weighted by atomic mass is 10.1. The van der Waals surface area contributed by atoms with E-state index < -0.39 is 0 Å². The monoisotopic (exact) mass is 194 g/mol. The van der Waals surface area contributed by atoms with E-state index in [-0.39, 0.29) is 0 Å². The molecule has 1 atom stereocenters. The van der Waals surface area contributed by atoms with Crippen LogP contribution in [0.25, 0.3) is 0 Å². The molecule has 68 valence electrons. The maximum absolute atomic E-state index is 5.63. The average molecular weight is 195 g/mol. The summed E-state index contributed by atoms with van der Waals surface area (Å²) in [6.07, 6.45) is 2.48. The predicted octanol–water partition coefficient (Wildman–Crippen LogP) is 3.78. The van der Waals surface area contributed by atoms with Gasteiger partial charge < -0.3 is 0 Å². The largest absolute Gasteiger partial charge is 0.159 e. The Morgan fingerprint density at radius 1 is 1.18 bits per heavy atom. The van der Waals surface area contributed by atoms with Gasteiger partial charge in [-0.25, -0.2) is 0 Å². The van der Waals surface area contributed by atoms with Gasteiger partial charge in [0.1, 0.15) is 0 Å². The highest BCUT2D eigenvalue weighted by Gasteiger charge is 2.01. The second kappa shape index (κ2) is 7.30. The van der Waals surface area contributed by atoms with Gasteiger partial charge >= 0.3 is 0 Å². The summed E-state index contributed by atoms with van der Waals surface area (Å²) in [7, 11) is 0. The van der Waals surface area contributed by atoms with Crippen molar-refractivity contribution in [3.63, 3.8) is 0 Å². The zero-order valence-corrected chi connectivity index (χ0v) is 9.34. The van der Waals surface area contributed by atoms with Crippen molar-refractivity contribution in [1.29, 1.82) is 0 Å². The second-order valence-corrected chi connectivity index (χ2v) is 5.35. The molecule has 0 aromatic heterocycles. The van der Waals surface area contributed by atoms with Gasteiger partial charge in [-0.05, 0) is 29.8 Å². The van der Waals surface area contributed by atoms with Crippen LogP contribution in [0.4, 0.5) is 0 Å². The third-order valence-electron chi connectivity index (χ3n) is 1.66. The summed E-state index contributed by atoms with van der Waals surface area (Å²) in [5, 5.41) is 0.776. The van der Waals surface area contributed by atoms with Gasteiger partial charge in [0.15, 0.2) is 0 Å². The molecular formula is C9H19ClS. The fraction of sp³-hybridized carbons (Fsp3) is 1.00. The topological polar surface area (TPSA) is 0 Å². The van der Waals surface area contributed by atoms with E-state index in [9.17, 15) is 0 Å². The van der Waals surface area contributed by atoms with Crippen LogP contribution in [0.3, 0.4) is 0 Å². The van der Waals surface area contributed by atoms with Gasteiger partial charge in [0.25, 0.3) is 0 Å². The summed E-state index contributed by atoms with van der Waals surface area (Å²) in [6, 6.07) is 0. The van der Waals surface area contributed by atoms with Gasteiger partial charge in [-0.3, -0.25) is 0 Å². The van der Waals surface area contributed by atoms with E-state index in [2.05, 4.69) is 20.8 Å². The Morgan fingerprint density at radius 3 is 2.27 bits per heavy atom. The van der Waals surface area contributed by atoms with Gasteiger partial charge in [-0.2, -0.15) is 11.8 Å². The molecule has 1 unspecified atom stereocenters. The molecule has 0 heterocycles. The summed E-state index contributed by atoms with van der Waals surface area (Å²) in [5.74, 6) is 2.90. The minimum atomic E-state index is 0.776. The zero-order valence-electron chi connectivity index (χ0n) is 7.77. The van der Waals surface area contributed by atoms with Crippen molar-refractivity contribution in [2.24, 2.45) is 5.92 Å². The van der Waals surface area contributed by atoms with Crippen LogP contribution in [0.2, 0.25) is 0 Å². The lowest BCUT2D eigenvalue weighted by Gasteiger charge is -2.09. The highest BCUT2D eigenvalue weighted by Crippen LogP contribution is 2.16. The molecule has 0 N–H and O–H groups in total. The Labute approximate surface area is 80.1 Å². The first kappa shape index (κ1) is 11.6. The molecule has 0 aliphatic rings. The van der Waals surface area contributed by atoms with Gasteiger partial charge in [-0.15, -0.1) is 11.6 Å². The maximum atomic E-state index is 5.63. The molecule has 0 nitrogen and oxygen atoms in total. The van der Waals surface area contributed by atoms with Gasteiger partial charge in [-0.1, -0.05) is 20.8 Å². The van der Waals surface area contributed by atoms with Crippen LogP contribution in [-0.2, 0) is 0 Å². The molecular weight excluding hydrogens is 176 g/mol. The minimum Gasteiger partial charge on any atom is -0.159 e. The number of rotatable bonds is 6. The molecule has 0 saturated heterocycles. The van der Waals surface area contributed by atoms with Crippen LogP contribution < -0.4 is 0 Å². The van der Waals surface area contributed by atoms with E-state index in [0.29, 0.717) is 0 Å². The molecule has 0 saturated carbocycles. The SMILES string of the molecule is CC(CCCl)CCSC(C)C. The van der Waals surface area contributed by atoms with E-state index in [4.69, 9.17) is 11.6 Å². The van der Waals surface area contributed by atoms with Crippen LogP contribution >= 0.6 is 23.4 Å². The van der Waals surface area contributed by atoms with Crippen molar-refractivity contribution >= 4 is 23.4 Å². The molecule has 11 heavy (non-hydrogen) atoms. The highest BCUT2D eigenvalue weighted by molar-refractivity contribution is 7.99. The first-order chi connectivity index (χ1) is 5.16. The predicted molar refractivity (Wildman–Crippen MR) is 56.7 cm³/mol. The summed E-state index contributed by atoms with van der Waals surface area (Å²) < 4.78 is 0. The van der Waals surface area contributed by atoms with Crippen molar-refractivity contribution in [3.05, 3.63) is 0 Å². The van der Waals surface area contributed by atoms with Gasteiger partial charge in [0.05, 0.1) is 0 Å². The molecule has 0 aliphatic heterocycles. The van der Waals surface area contributed by atoms with Crippen LogP contribution in [0.1, 0.15) is 33.6 Å². The second-order valence-electron chi connectivity index (χ2n) is 3.29. The number of halogens is 1. The van der Waals surface area contributed by atoms with E-state index in [1.165, 1.54) is 18.6 Å². The molecule has 0 aliphatic carbocycles. The maximum Gasteiger partial charge on any atom is 0.0225 e. The lowest BCUT2D eigenvalue weighted by molar-refractivity contribution is 0.551. The molecule has 0 aromatic rings. The molecule has 0 spiro atoms. The van der Waals surface area contributed by atoms with Crippen LogP contribution in [0, 0.1) is 5.92 Å². The standard InChI is InChI=1S/C9H19ClS/c1-8(2)11-7-5-9(3)4-6-10/h8-9H,4-7H2,1-3H3. The number of alkyl halides is 1. The summed E-state index contributed by atoms with van der Waals surface area (Å²) in [5.41, 5.74) is 0. The lowest BCUT2D eigenvalue weighted by Crippen LogP contribution is -1.99. The van der Waals surface area contributed by atoms with E-state index in [1.807, 2.05) is 11.8 Å². The van der Waals surface area contributed by atoms with E-state index >= 15 is 0 Å². The van der Waals surface area contributed by atoms with E-state index in [1.54, 1.807) is 0 Å². The summed E-state index contributed by atoms with van der Waals surface area (Å²) in [4.78, 5) is 0. The van der Waals surface area contributed by atoms with Crippen molar-refractivity contribution in [3.8, 4) is 0 Å². The smallest absolute Gasteiger partial charge is 0.0225 e. The Bertz CT molecular complexity index is 83.6. The molecule has 0 rings (SSSR count). The number of hydrogen-bond acceptors (Lipinski definition) is 1. The van der Waals surface area contributed by atoms with Crippen LogP contribution in [0.15, 0.2) is 0 Å². The summed E-state index contributed by atoms with van der Waals surface area (Å²) >= 11 is 7.67. The third kappa shape index (κ3) is 8.55. The molecule has 2 heteroatoms. The quantitative estimate of drug-likeness (QED) is 0.580. The summed E-state index contributed by atoms with van der Waals surface area (Å²) in [6.45, 7) is 6.77. The van der Waals surface area contributed by atoms with Crippen molar-refractivity contribution < 1.29 is 0 Å². The number of hydrogen-bond donors (Lipinski definition) is 0. The Morgan fingerprint density at radius 2 is 1.82 bits per heavy atom. The van der Waals surface area contributed by atoms with Crippen molar-refractivity contribution in [2.45, 2.75) is 38.9 Å². The van der Waals surface area contributed by atoms with Crippen molar-refractivity contribution in [2.75, 3.05) is 11.6 Å². The van der Waals surface area contributed by atoms with E-state index in [0.717, 1.165) is 17.0 Å². The van der Waals surface area contributed by atoms with Crippen LogP contribution in [0.5, 0.6) is 0 Å². The third-order valence-corrected chi connectivity index (χ3v) is 3.02. The Hall–Kier alpha value is 0.640. The van der Waals surface area contributed by atoms with Gasteiger partial charge in [0.2, 0.25) is 0 Å². The highest BCUT2D eigenvalue weighted by atomic mass is 35.5. The minimum absolute atomic E-state index is 0.776.